The van der Waals surface area contributed by atoms with Crippen molar-refractivity contribution in [2.75, 3.05) is 0 Å². The summed E-state index contributed by atoms with van der Waals surface area (Å²) in [7, 11) is 5.20. The van der Waals surface area contributed by atoms with Gasteiger partial charge >= 0.3 is 84.5 Å². The Morgan fingerprint density at radius 1 is 1.40 bits per heavy atom. The fourth-order valence-electron chi connectivity index (χ4n) is 1.40. The summed E-state index contributed by atoms with van der Waals surface area (Å²) in [6, 6.07) is 3.48. The van der Waals surface area contributed by atoms with E-state index in [9.17, 15) is 14.3 Å². The molecule has 0 aliphatic rings. The predicted octanol–water partition coefficient (Wildman–Crippen LogP) is 0.692. The van der Waals surface area contributed by atoms with Crippen LogP contribution in [0.25, 0.3) is 10.9 Å². The number of nitrogens with one attached hydrogen (secondary N) is 1. The van der Waals surface area contributed by atoms with Crippen LogP contribution in [0.2, 0.25) is 0 Å². The van der Waals surface area contributed by atoms with Crippen LogP contribution in [0.1, 0.15) is 5.56 Å². The van der Waals surface area contributed by atoms with Gasteiger partial charge in [-0.2, -0.15) is 0 Å². The van der Waals surface area contributed by atoms with Gasteiger partial charge in [-0.15, -0.1) is 0 Å². The Kier molecular flexibility index (Phi) is 2.15. The Morgan fingerprint density at radius 2 is 2.13 bits per heavy atom. The first kappa shape index (κ1) is 9.64. The zero-order valence-corrected chi connectivity index (χ0v) is 7.62. The molecule has 0 amide bonds. The van der Waals surface area contributed by atoms with E-state index in [1.165, 1.54) is 6.07 Å². The van der Waals surface area contributed by atoms with E-state index in [2.05, 4.69) is 4.98 Å². The molecule has 1 radical (unpaired) electrons. The van der Waals surface area contributed by atoms with Gasteiger partial charge in [-0.3, -0.25) is 0 Å². The molecule has 0 atom stereocenters. The quantitative estimate of drug-likeness (QED) is 0.668. The second-order valence-corrected chi connectivity index (χ2v) is 3.10. The normalized spacial score (nSPS) is 10.4. The van der Waals surface area contributed by atoms with Crippen molar-refractivity contribution in [3.63, 3.8) is 0 Å². The van der Waals surface area contributed by atoms with Crippen LogP contribution in [0.3, 0.4) is 0 Å². The first-order valence-corrected chi connectivity index (χ1v) is 4.22. The standard InChI is InChI=1S/C10H6BFNO2/c11-4-5-1-8-6(2-7(5)12)9(14)3-10(15)13-8/h1-4H,(H2,13,14,15). The van der Waals surface area contributed by atoms with Crippen molar-refractivity contribution < 1.29 is 9.50 Å². The minimum absolute atomic E-state index is 0.170. The summed E-state index contributed by atoms with van der Waals surface area (Å²) in [5.41, 5.74) is 0.0661. The number of benzene rings is 1. The molecular formula is C10H6BFNO2. The summed E-state index contributed by atoms with van der Waals surface area (Å²) in [6.45, 7) is 0. The van der Waals surface area contributed by atoms with Gasteiger partial charge in [0.25, 0.3) is 0 Å². The molecule has 0 aliphatic heterocycles. The molecule has 1 aromatic carbocycles. The molecule has 0 unspecified atom stereocenters. The molecule has 15 heavy (non-hydrogen) atoms. The van der Waals surface area contributed by atoms with Crippen molar-refractivity contribution >= 4 is 24.4 Å². The third kappa shape index (κ3) is 1.56. The average molecular weight is 202 g/mol. The van der Waals surface area contributed by atoms with Crippen molar-refractivity contribution in [3.05, 3.63) is 39.9 Å². The topological polar surface area (TPSA) is 53.1 Å². The maximum atomic E-state index is 13.3. The molecule has 0 aliphatic carbocycles. The van der Waals surface area contributed by atoms with E-state index >= 15 is 0 Å². The number of hydrogen-bond acceptors (Lipinski definition) is 2. The summed E-state index contributed by atoms with van der Waals surface area (Å²) >= 11 is 0. The van der Waals surface area contributed by atoms with Gasteiger partial charge in [0.2, 0.25) is 0 Å². The Morgan fingerprint density at radius 3 is 2.80 bits per heavy atom. The van der Waals surface area contributed by atoms with E-state index in [1.807, 2.05) is 0 Å². The number of halogens is 1. The molecule has 5 heteroatoms. The van der Waals surface area contributed by atoms with Gasteiger partial charge in [0, 0.05) is 0 Å². The first-order chi connectivity index (χ1) is 7.11. The zero-order chi connectivity index (χ0) is 11.0. The summed E-state index contributed by atoms with van der Waals surface area (Å²) < 4.78 is 13.3. The monoisotopic (exact) mass is 202 g/mol. The van der Waals surface area contributed by atoms with Crippen molar-refractivity contribution in [2.24, 2.45) is 0 Å². The minimum atomic E-state index is -0.549. The van der Waals surface area contributed by atoms with Crippen molar-refractivity contribution in [1.82, 2.24) is 4.98 Å². The molecule has 0 fully saturated rings. The number of H-pyrrole nitrogens is 1. The maximum absolute atomic E-state index is 13.3. The summed E-state index contributed by atoms with van der Waals surface area (Å²) in [5, 5.41) is 9.66. The van der Waals surface area contributed by atoms with Crippen molar-refractivity contribution in [3.8, 4) is 5.75 Å². The Labute approximate surface area is 85.3 Å². The average Bonchev–Trinajstić information content (AvgIpc) is 2.18. The van der Waals surface area contributed by atoms with Crippen LogP contribution in [0, 0.1) is 5.82 Å². The molecule has 3 nitrogen and oxygen atoms in total. The van der Waals surface area contributed by atoms with E-state index in [4.69, 9.17) is 7.49 Å². The first-order valence-electron chi connectivity index (χ1n) is 4.22. The Hall–Kier alpha value is -1.91. The van der Waals surface area contributed by atoms with Gasteiger partial charge in [0.15, 0.2) is 0 Å². The van der Waals surface area contributed by atoms with Gasteiger partial charge < -0.3 is 0 Å². The molecule has 1 aromatic heterocycles. The summed E-state index contributed by atoms with van der Waals surface area (Å²) in [4.78, 5) is 13.5. The third-order valence-corrected chi connectivity index (χ3v) is 2.12. The van der Waals surface area contributed by atoms with E-state index in [1.54, 1.807) is 0 Å². The van der Waals surface area contributed by atoms with Crippen LogP contribution < -0.4 is 5.56 Å². The second kappa shape index (κ2) is 3.35. The molecule has 0 bridgehead atoms. The van der Waals surface area contributed by atoms with Crippen molar-refractivity contribution in [1.29, 1.82) is 0 Å². The summed E-state index contributed by atoms with van der Waals surface area (Å²) in [5.74, 6) is 0.292. The predicted molar refractivity (Wildman–Crippen MR) is 57.1 cm³/mol. The number of hydrogen-bond donors (Lipinski definition) is 2. The molecule has 0 spiro atoms. The number of pyridine rings is 1. The van der Waals surface area contributed by atoms with Crippen LogP contribution in [0.4, 0.5) is 4.39 Å². The Balaban J connectivity index is 2.93. The zero-order valence-electron chi connectivity index (χ0n) is 7.62. The molecule has 2 rings (SSSR count). The molecule has 0 saturated carbocycles. The van der Waals surface area contributed by atoms with Gasteiger partial charge in [0.05, 0.1) is 0 Å². The van der Waals surface area contributed by atoms with Crippen LogP contribution in [0.5, 0.6) is 5.75 Å². The molecular weight excluding hydrogens is 196 g/mol. The van der Waals surface area contributed by atoms with Crippen LogP contribution >= 0.6 is 0 Å². The molecule has 73 valence electrons. The molecule has 1 heterocycles. The molecule has 0 saturated heterocycles. The van der Waals surface area contributed by atoms with Crippen molar-refractivity contribution in [2.45, 2.75) is 0 Å². The number of rotatable bonds is 1. The number of aromatic hydroxyl groups is 1. The number of aromatic amines is 1. The Bertz CT molecular complexity index is 606. The van der Waals surface area contributed by atoms with Gasteiger partial charge in [0.1, 0.15) is 0 Å². The fraction of sp³-hybridized carbons (Fsp3) is 0. The van der Waals surface area contributed by atoms with Crippen LogP contribution in [-0.4, -0.2) is 23.5 Å². The number of aromatic nitrogens is 1. The molecule has 2 aromatic rings. The van der Waals surface area contributed by atoms with E-state index in [-0.39, 0.29) is 16.7 Å². The SMILES string of the molecule is [B]=Cc1cc2[nH]c(=O)cc(O)c2cc1F. The number of fused-ring (bicyclic) bond motifs is 1. The van der Waals surface area contributed by atoms with Crippen LogP contribution in [-0.2, 0) is 0 Å². The fourth-order valence-corrected chi connectivity index (χ4v) is 1.40. The van der Waals surface area contributed by atoms with E-state index < -0.39 is 11.4 Å². The van der Waals surface area contributed by atoms with E-state index in [0.29, 0.717) is 5.52 Å². The third-order valence-electron chi connectivity index (χ3n) is 2.12. The van der Waals surface area contributed by atoms with Gasteiger partial charge in [-0.05, 0) is 0 Å². The second-order valence-electron chi connectivity index (χ2n) is 3.10. The van der Waals surface area contributed by atoms with E-state index in [0.717, 1.165) is 18.1 Å². The molecule has 2 N–H and O–H groups in total. The van der Waals surface area contributed by atoms with Gasteiger partial charge in [-0.25, -0.2) is 0 Å². The van der Waals surface area contributed by atoms with Crippen LogP contribution in [0.15, 0.2) is 23.0 Å². The summed E-state index contributed by atoms with van der Waals surface area (Å²) in [6.07, 6.45) is 0. The van der Waals surface area contributed by atoms with Gasteiger partial charge in [-0.1, -0.05) is 0 Å².